The maximum Gasteiger partial charge on any atom is 0.413 e. The number of ether oxygens (including phenoxy) is 2. The molecule has 1 aromatic heterocycles. The van der Waals surface area contributed by atoms with Gasteiger partial charge in [-0.15, -0.1) is 11.3 Å². The van der Waals surface area contributed by atoms with E-state index >= 15 is 0 Å². The van der Waals surface area contributed by atoms with Crippen molar-refractivity contribution < 1.29 is 51.3 Å². The highest BCUT2D eigenvalue weighted by Gasteiger charge is 2.55. The van der Waals surface area contributed by atoms with Crippen molar-refractivity contribution in [3.63, 3.8) is 0 Å². The van der Waals surface area contributed by atoms with Gasteiger partial charge in [0, 0.05) is 17.8 Å². The topological polar surface area (TPSA) is 232 Å². The SMILES string of the molecule is CC(C)(C)OC(=O)CO/N=C(\C(=O)N[C@@H]1C(=O)N(S(=O)(=O)O)[C@@H]1CC1CCNC1=O)c1csc(NC(=O)OC(C)(C)C)n1. The van der Waals surface area contributed by atoms with Gasteiger partial charge in [0.25, 0.3) is 11.8 Å². The summed E-state index contributed by atoms with van der Waals surface area (Å²) < 4.78 is 43.8. The van der Waals surface area contributed by atoms with Crippen molar-refractivity contribution in [2.45, 2.75) is 77.7 Å². The van der Waals surface area contributed by atoms with Gasteiger partial charge in [0.05, 0.1) is 6.04 Å². The first-order valence-corrected chi connectivity index (χ1v) is 15.3. The lowest BCUT2D eigenvalue weighted by Crippen LogP contribution is -2.72. The Morgan fingerprint density at radius 1 is 1.16 bits per heavy atom. The highest BCUT2D eigenvalue weighted by Crippen LogP contribution is 2.31. The van der Waals surface area contributed by atoms with Crippen LogP contribution in [0.3, 0.4) is 0 Å². The fourth-order valence-corrected chi connectivity index (χ4v) is 5.69. The van der Waals surface area contributed by atoms with Crippen LogP contribution in [0.25, 0.3) is 0 Å². The largest absolute Gasteiger partial charge is 0.457 e. The van der Waals surface area contributed by atoms with Gasteiger partial charge in [-0.25, -0.2) is 18.9 Å². The van der Waals surface area contributed by atoms with Crippen molar-refractivity contribution in [2.24, 2.45) is 11.1 Å². The number of aromatic nitrogens is 1. The van der Waals surface area contributed by atoms with Crippen LogP contribution in [0.1, 0.15) is 60.1 Å². The van der Waals surface area contributed by atoms with Crippen molar-refractivity contribution in [2.75, 3.05) is 18.5 Å². The zero-order valence-corrected chi connectivity index (χ0v) is 26.0. The third-order valence-corrected chi connectivity index (χ3v) is 7.43. The predicted molar refractivity (Wildman–Crippen MR) is 150 cm³/mol. The molecule has 0 bridgehead atoms. The fraction of sp³-hybridized carbons (Fsp3) is 0.625. The number of nitrogens with one attached hydrogen (secondary N) is 3. The molecule has 3 rings (SSSR count). The van der Waals surface area contributed by atoms with Crippen molar-refractivity contribution in [1.29, 1.82) is 0 Å². The highest BCUT2D eigenvalue weighted by atomic mass is 32.2. The summed E-state index contributed by atoms with van der Waals surface area (Å²) in [5, 5.41) is 12.4. The first-order chi connectivity index (χ1) is 19.7. The second kappa shape index (κ2) is 12.8. The zero-order valence-electron chi connectivity index (χ0n) is 24.3. The Bertz CT molecular complexity index is 1410. The molecule has 0 radical (unpaired) electrons. The minimum absolute atomic E-state index is 0.0132. The number of esters is 1. The summed E-state index contributed by atoms with van der Waals surface area (Å²) in [6.07, 6.45) is -0.618. The number of amides is 4. The molecule has 2 aliphatic heterocycles. The number of hydrogen-bond donors (Lipinski definition) is 4. The third kappa shape index (κ3) is 9.32. The normalized spacial score (nSPS) is 21.0. The van der Waals surface area contributed by atoms with Gasteiger partial charge in [-0.05, 0) is 54.4 Å². The first-order valence-electron chi connectivity index (χ1n) is 13.0. The Morgan fingerprint density at radius 3 is 2.37 bits per heavy atom. The van der Waals surface area contributed by atoms with E-state index in [1.54, 1.807) is 41.5 Å². The first kappa shape index (κ1) is 33.7. The molecule has 0 aliphatic carbocycles. The average Bonchev–Trinajstić information content (AvgIpc) is 3.45. The maximum absolute atomic E-state index is 13.4. The molecule has 1 aromatic rings. The molecule has 0 saturated carbocycles. The van der Waals surface area contributed by atoms with Gasteiger partial charge in [0.1, 0.15) is 22.9 Å². The number of hydrogen-bond acceptors (Lipinski definition) is 13. The van der Waals surface area contributed by atoms with Crippen molar-refractivity contribution in [1.82, 2.24) is 19.9 Å². The molecule has 17 nitrogen and oxygen atoms in total. The fourth-order valence-electron chi connectivity index (χ4n) is 4.12. The van der Waals surface area contributed by atoms with Crippen LogP contribution in [0, 0.1) is 5.92 Å². The van der Waals surface area contributed by atoms with Crippen LogP contribution < -0.4 is 16.0 Å². The molecule has 3 heterocycles. The zero-order chi connectivity index (χ0) is 32.3. The van der Waals surface area contributed by atoms with Crippen molar-refractivity contribution in [3.05, 3.63) is 11.1 Å². The number of carbonyl (C=O) groups excluding carboxylic acids is 5. The van der Waals surface area contributed by atoms with Gasteiger partial charge in [-0.1, -0.05) is 5.16 Å². The molecular formula is C24H34N6O11S2. The van der Waals surface area contributed by atoms with E-state index in [9.17, 15) is 36.9 Å². The number of thiazole rings is 1. The Kier molecular flexibility index (Phi) is 10.0. The minimum atomic E-state index is -4.99. The standard InChI is InChI=1S/C24H34N6O11S2/c1-23(2,3)40-15(31)10-39-29-16(13-11-42-21(26-13)28-22(35)41-24(4,5)6)19(33)27-17-14(9-12-7-8-25-18(12)32)30(20(17)34)43(36,37)38/h11-12,14,17H,7-10H2,1-6H3,(H,25,32)(H,27,33)(H,26,28,35)(H,36,37,38)/b29-16-/t12?,14-,17+/m1/s1. The van der Waals surface area contributed by atoms with E-state index in [2.05, 4.69) is 26.1 Å². The number of carbonyl (C=O) groups is 5. The monoisotopic (exact) mass is 646 g/mol. The quantitative estimate of drug-likeness (QED) is 0.0899. The predicted octanol–water partition coefficient (Wildman–Crippen LogP) is 0.577. The molecule has 3 atom stereocenters. The van der Waals surface area contributed by atoms with Crippen LogP contribution in [-0.2, 0) is 43.8 Å². The number of nitrogens with zero attached hydrogens (tertiary/aromatic N) is 3. The van der Waals surface area contributed by atoms with Crippen molar-refractivity contribution >= 4 is 62.3 Å². The summed E-state index contributed by atoms with van der Waals surface area (Å²) >= 11 is 0.899. The molecule has 0 aromatic carbocycles. The highest BCUT2D eigenvalue weighted by molar-refractivity contribution is 7.84. The Labute approximate surface area is 251 Å². The molecule has 4 N–H and O–H groups in total. The summed E-state index contributed by atoms with van der Waals surface area (Å²) in [7, 11) is -4.99. The van der Waals surface area contributed by atoms with E-state index < -0.39 is 75.7 Å². The van der Waals surface area contributed by atoms with Crippen molar-refractivity contribution in [3.8, 4) is 0 Å². The van der Waals surface area contributed by atoms with E-state index in [0.717, 1.165) is 11.3 Å². The number of anilines is 1. The summed E-state index contributed by atoms with van der Waals surface area (Å²) in [6, 6.07) is -2.74. The lowest BCUT2D eigenvalue weighted by Gasteiger charge is -2.44. The average molecular weight is 647 g/mol. The van der Waals surface area contributed by atoms with E-state index in [1.165, 1.54) is 5.38 Å². The number of β-lactam (4-membered cyclic amide) rings is 1. The summed E-state index contributed by atoms with van der Waals surface area (Å²) in [5.41, 5.74) is -2.29. The second-order valence-electron chi connectivity index (χ2n) is 11.6. The molecule has 1 unspecified atom stereocenters. The molecule has 238 valence electrons. The Hall–Kier alpha value is -3.84. The van der Waals surface area contributed by atoms with Crippen LogP contribution >= 0.6 is 11.3 Å². The minimum Gasteiger partial charge on any atom is -0.457 e. The smallest absolute Gasteiger partial charge is 0.413 e. The van der Waals surface area contributed by atoms with Crippen LogP contribution in [-0.4, -0.2) is 94.2 Å². The molecular weight excluding hydrogens is 612 g/mol. The Morgan fingerprint density at radius 2 is 1.81 bits per heavy atom. The van der Waals surface area contributed by atoms with Crippen LogP contribution in [0.5, 0.6) is 0 Å². The van der Waals surface area contributed by atoms with Gasteiger partial charge in [0.2, 0.25) is 12.5 Å². The number of rotatable bonds is 10. The van der Waals surface area contributed by atoms with E-state index in [1.807, 2.05) is 0 Å². The van der Waals surface area contributed by atoms with E-state index in [0.29, 0.717) is 13.0 Å². The maximum atomic E-state index is 13.4. The summed E-state index contributed by atoms with van der Waals surface area (Å²) in [5.74, 6) is -4.02. The third-order valence-electron chi connectivity index (χ3n) is 5.72. The van der Waals surface area contributed by atoms with Crippen LogP contribution in [0.15, 0.2) is 10.5 Å². The molecule has 19 heteroatoms. The lowest BCUT2D eigenvalue weighted by atomic mass is 9.88. The molecule has 0 spiro atoms. The Balaban J connectivity index is 1.84. The molecule has 2 aliphatic rings. The summed E-state index contributed by atoms with van der Waals surface area (Å²) in [6.45, 7) is 9.55. The number of oxime groups is 1. The molecule has 43 heavy (non-hydrogen) atoms. The van der Waals surface area contributed by atoms with Gasteiger partial charge in [-0.3, -0.25) is 24.3 Å². The molecule has 2 fully saturated rings. The van der Waals surface area contributed by atoms with Crippen LogP contribution in [0.2, 0.25) is 0 Å². The molecule has 2 saturated heterocycles. The van der Waals surface area contributed by atoms with E-state index in [4.69, 9.17) is 14.3 Å². The van der Waals surface area contributed by atoms with Gasteiger partial charge in [-0.2, -0.15) is 8.42 Å². The van der Waals surface area contributed by atoms with Gasteiger partial charge < -0.3 is 24.9 Å². The van der Waals surface area contributed by atoms with E-state index in [-0.39, 0.29) is 27.5 Å². The molecule has 4 amide bonds. The van der Waals surface area contributed by atoms with Gasteiger partial charge >= 0.3 is 22.4 Å². The van der Waals surface area contributed by atoms with Gasteiger partial charge in [0.15, 0.2) is 10.8 Å². The van der Waals surface area contributed by atoms with Crippen LogP contribution in [0.4, 0.5) is 9.93 Å². The lowest BCUT2D eigenvalue weighted by molar-refractivity contribution is -0.160. The summed E-state index contributed by atoms with van der Waals surface area (Å²) in [4.78, 5) is 71.6. The second-order valence-corrected chi connectivity index (χ2v) is 13.8.